The average Bonchev–Trinajstić information content (AvgIpc) is 2.92. The highest BCUT2D eigenvalue weighted by Crippen LogP contribution is 2.24. The van der Waals surface area contributed by atoms with Gasteiger partial charge in [-0.2, -0.15) is 8.42 Å². The molecule has 0 saturated heterocycles. The van der Waals surface area contributed by atoms with Crippen LogP contribution in [0.5, 0.6) is 0 Å². The summed E-state index contributed by atoms with van der Waals surface area (Å²) in [6.45, 7) is 0. The number of nitrogens with one attached hydrogen (secondary N) is 2. The summed E-state index contributed by atoms with van der Waals surface area (Å²) in [5, 5.41) is 1.64. The van der Waals surface area contributed by atoms with Crippen LogP contribution in [0, 0.1) is 0 Å². The maximum absolute atomic E-state index is 12.2. The van der Waals surface area contributed by atoms with Gasteiger partial charge in [-0.25, -0.2) is 14.7 Å². The molecule has 0 aromatic carbocycles. The monoisotopic (exact) mass is 284 g/mol. The second kappa shape index (κ2) is 3.71. The fraction of sp³-hybridized carbons (Fsp3) is 0. The Hall–Kier alpha value is -2.07. The third-order valence-corrected chi connectivity index (χ3v) is 4.36. The highest BCUT2D eigenvalue weighted by atomic mass is 32.2. The lowest BCUT2D eigenvalue weighted by atomic mass is 10.8. The van der Waals surface area contributed by atoms with Crippen LogP contribution in [-0.4, -0.2) is 27.8 Å². The summed E-state index contributed by atoms with van der Waals surface area (Å²) in [6.07, 6.45) is 4.55. The van der Waals surface area contributed by atoms with E-state index >= 15 is 0 Å². The van der Waals surface area contributed by atoms with Crippen molar-refractivity contribution in [3.8, 4) is 0 Å². The Morgan fingerprint density at radius 1 is 1.50 bits per heavy atom. The minimum absolute atomic E-state index is 0.0408. The number of H-pyrrole nitrogens is 1. The highest BCUT2D eigenvalue weighted by Gasteiger charge is 2.25. The zero-order chi connectivity index (χ0) is 12.8. The van der Waals surface area contributed by atoms with Gasteiger partial charge in [0, 0.05) is 24.0 Å². The molecule has 0 bridgehead atoms. The van der Waals surface area contributed by atoms with Gasteiger partial charge in [0.1, 0.15) is 0 Å². The standard InChI is InChI=1S/C8H8N6O2S2/c9-5-6(14-3-4-17-8(14)12-5)18(15,16)13-7-10-1-2-11-7/h1-4H,9H2,(H2,10,11,13). The summed E-state index contributed by atoms with van der Waals surface area (Å²) < 4.78 is 28.1. The SMILES string of the molecule is Nc1nc2sccn2c1S(=O)(=O)Nc1ncc[nH]1. The molecule has 3 heterocycles. The Kier molecular flexibility index (Phi) is 2.28. The number of aromatic nitrogens is 4. The topological polar surface area (TPSA) is 118 Å². The molecule has 0 spiro atoms. The Morgan fingerprint density at radius 3 is 3.06 bits per heavy atom. The predicted octanol–water partition coefficient (Wildman–Crippen LogP) is 0.502. The molecule has 0 aliphatic heterocycles. The molecule has 3 aromatic heterocycles. The van der Waals surface area contributed by atoms with Gasteiger partial charge in [0.25, 0.3) is 10.0 Å². The van der Waals surface area contributed by atoms with Crippen molar-refractivity contribution >= 4 is 38.1 Å². The summed E-state index contributed by atoms with van der Waals surface area (Å²) in [5.74, 6) is 0.0838. The van der Waals surface area contributed by atoms with E-state index in [-0.39, 0.29) is 16.8 Å². The van der Waals surface area contributed by atoms with Crippen LogP contribution in [0.1, 0.15) is 0 Å². The van der Waals surface area contributed by atoms with Gasteiger partial charge < -0.3 is 10.7 Å². The summed E-state index contributed by atoms with van der Waals surface area (Å²) in [6, 6.07) is 0. The van der Waals surface area contributed by atoms with Gasteiger partial charge in [0.05, 0.1) is 0 Å². The first kappa shape index (κ1) is 11.0. The van der Waals surface area contributed by atoms with Gasteiger partial charge >= 0.3 is 0 Å². The van der Waals surface area contributed by atoms with Crippen molar-refractivity contribution < 1.29 is 8.42 Å². The lowest BCUT2D eigenvalue weighted by Gasteiger charge is -2.04. The molecule has 0 aliphatic rings. The molecule has 0 unspecified atom stereocenters. The first-order valence-electron chi connectivity index (χ1n) is 4.81. The number of aromatic amines is 1. The zero-order valence-electron chi connectivity index (χ0n) is 8.86. The number of hydrogen-bond acceptors (Lipinski definition) is 6. The normalized spacial score (nSPS) is 12.0. The zero-order valence-corrected chi connectivity index (χ0v) is 10.5. The van der Waals surface area contributed by atoms with Gasteiger partial charge in [-0.05, 0) is 0 Å². The van der Waals surface area contributed by atoms with Gasteiger partial charge in [-0.3, -0.25) is 4.40 Å². The van der Waals surface area contributed by atoms with E-state index in [0.29, 0.717) is 4.96 Å². The van der Waals surface area contributed by atoms with Crippen LogP contribution in [0.2, 0.25) is 0 Å². The minimum atomic E-state index is -3.83. The van der Waals surface area contributed by atoms with E-state index in [0.717, 1.165) is 0 Å². The van der Waals surface area contributed by atoms with E-state index in [1.54, 1.807) is 11.6 Å². The molecule has 0 saturated carbocycles. The molecule has 18 heavy (non-hydrogen) atoms. The van der Waals surface area contributed by atoms with Gasteiger partial charge in [0.2, 0.25) is 11.0 Å². The van der Waals surface area contributed by atoms with Crippen LogP contribution in [0.15, 0.2) is 29.0 Å². The van der Waals surface area contributed by atoms with Crippen molar-refractivity contribution in [1.29, 1.82) is 0 Å². The molecule has 4 N–H and O–H groups in total. The Balaban J connectivity index is 2.13. The van der Waals surface area contributed by atoms with Crippen molar-refractivity contribution in [1.82, 2.24) is 19.4 Å². The second-order valence-corrected chi connectivity index (χ2v) is 5.87. The maximum Gasteiger partial charge on any atom is 0.284 e. The third kappa shape index (κ3) is 1.62. The van der Waals surface area contributed by atoms with Crippen molar-refractivity contribution in [2.45, 2.75) is 5.03 Å². The molecule has 0 fully saturated rings. The number of thiazole rings is 1. The number of sulfonamides is 1. The number of rotatable bonds is 3. The van der Waals surface area contributed by atoms with Crippen molar-refractivity contribution in [3.05, 3.63) is 24.0 Å². The molecule has 3 rings (SSSR count). The summed E-state index contributed by atoms with van der Waals surface area (Å²) in [4.78, 5) is 10.9. The van der Waals surface area contributed by atoms with Crippen LogP contribution >= 0.6 is 11.3 Å². The van der Waals surface area contributed by atoms with Gasteiger partial charge in [-0.15, -0.1) is 11.3 Å². The highest BCUT2D eigenvalue weighted by molar-refractivity contribution is 7.92. The van der Waals surface area contributed by atoms with E-state index in [2.05, 4.69) is 19.7 Å². The molecule has 94 valence electrons. The van der Waals surface area contributed by atoms with E-state index < -0.39 is 10.0 Å². The van der Waals surface area contributed by atoms with Crippen LogP contribution in [0.4, 0.5) is 11.8 Å². The van der Waals surface area contributed by atoms with E-state index in [4.69, 9.17) is 5.73 Å². The number of anilines is 2. The molecule has 3 aromatic rings. The Morgan fingerprint density at radius 2 is 2.33 bits per heavy atom. The maximum atomic E-state index is 12.2. The summed E-state index contributed by atoms with van der Waals surface area (Å²) in [7, 11) is -3.83. The summed E-state index contributed by atoms with van der Waals surface area (Å²) >= 11 is 1.30. The molecular formula is C8H8N6O2S2. The molecule has 0 amide bonds. The number of imidazole rings is 2. The molecule has 0 radical (unpaired) electrons. The quantitative estimate of drug-likeness (QED) is 0.647. The second-order valence-electron chi connectivity index (χ2n) is 3.40. The number of hydrogen-bond donors (Lipinski definition) is 3. The minimum Gasteiger partial charge on any atom is -0.381 e. The summed E-state index contributed by atoms with van der Waals surface area (Å²) in [5.41, 5.74) is 5.64. The lowest BCUT2D eigenvalue weighted by molar-refractivity contribution is 0.597. The smallest absolute Gasteiger partial charge is 0.284 e. The van der Waals surface area contributed by atoms with Crippen LogP contribution in [0.3, 0.4) is 0 Å². The number of nitrogen functional groups attached to an aromatic ring is 1. The molecule has 0 aliphatic carbocycles. The van der Waals surface area contributed by atoms with Crippen molar-refractivity contribution in [3.63, 3.8) is 0 Å². The Bertz CT molecular complexity index is 785. The fourth-order valence-electron chi connectivity index (χ4n) is 1.55. The van der Waals surface area contributed by atoms with Crippen molar-refractivity contribution in [2.75, 3.05) is 10.5 Å². The number of fused-ring (bicyclic) bond motifs is 1. The molecule has 0 atom stereocenters. The Labute approximate surface area is 106 Å². The van der Waals surface area contributed by atoms with Gasteiger partial charge in [0.15, 0.2) is 10.8 Å². The first-order chi connectivity index (χ1) is 8.58. The van der Waals surface area contributed by atoms with Crippen LogP contribution in [0.25, 0.3) is 4.96 Å². The molecule has 10 heteroatoms. The van der Waals surface area contributed by atoms with Crippen LogP contribution < -0.4 is 10.5 Å². The average molecular weight is 284 g/mol. The number of nitrogens with two attached hydrogens (primary N) is 1. The third-order valence-electron chi connectivity index (χ3n) is 2.23. The van der Waals surface area contributed by atoms with E-state index in [1.165, 1.54) is 28.1 Å². The van der Waals surface area contributed by atoms with E-state index in [1.807, 2.05) is 0 Å². The lowest BCUT2D eigenvalue weighted by Crippen LogP contribution is -2.17. The largest absolute Gasteiger partial charge is 0.381 e. The first-order valence-corrected chi connectivity index (χ1v) is 7.17. The molecular weight excluding hydrogens is 276 g/mol. The predicted molar refractivity (Wildman–Crippen MR) is 66.9 cm³/mol. The molecule has 8 nitrogen and oxygen atoms in total. The van der Waals surface area contributed by atoms with Gasteiger partial charge in [-0.1, -0.05) is 0 Å². The van der Waals surface area contributed by atoms with Crippen LogP contribution in [-0.2, 0) is 10.0 Å². The van der Waals surface area contributed by atoms with Crippen molar-refractivity contribution in [2.24, 2.45) is 0 Å². The number of nitrogens with zero attached hydrogens (tertiary/aromatic N) is 3. The fourth-order valence-corrected chi connectivity index (χ4v) is 3.51. The van der Waals surface area contributed by atoms with E-state index in [9.17, 15) is 8.42 Å².